The highest BCUT2D eigenvalue weighted by molar-refractivity contribution is 7.09. The Morgan fingerprint density at radius 3 is 2.70 bits per heavy atom. The van der Waals surface area contributed by atoms with Crippen molar-refractivity contribution >= 4 is 17.2 Å². The van der Waals surface area contributed by atoms with Gasteiger partial charge in [-0.2, -0.15) is 5.26 Å². The Kier molecular flexibility index (Phi) is 4.41. The summed E-state index contributed by atoms with van der Waals surface area (Å²) >= 11 is 1.73. The number of nitriles is 1. The average molecular weight is 285 g/mol. The molecular formula is C16H19N3S. The van der Waals surface area contributed by atoms with Crippen molar-refractivity contribution in [1.29, 1.82) is 5.26 Å². The van der Waals surface area contributed by atoms with Crippen LogP contribution in [0.2, 0.25) is 0 Å². The number of thiophene rings is 1. The molecule has 2 rings (SSSR count). The summed E-state index contributed by atoms with van der Waals surface area (Å²) in [7, 11) is 0. The third-order valence-corrected chi connectivity index (χ3v) is 4.10. The molecule has 0 amide bonds. The minimum absolute atomic E-state index is 0.290. The molecule has 0 radical (unpaired) electrons. The van der Waals surface area contributed by atoms with Gasteiger partial charge in [0.1, 0.15) is 11.9 Å². The first kappa shape index (κ1) is 14.5. The lowest BCUT2D eigenvalue weighted by atomic mass is 10.1. The van der Waals surface area contributed by atoms with Gasteiger partial charge in [-0.25, -0.2) is 4.98 Å². The lowest BCUT2D eigenvalue weighted by Gasteiger charge is -2.29. The molecular weight excluding hydrogens is 266 g/mol. The van der Waals surface area contributed by atoms with Gasteiger partial charge in [0.05, 0.1) is 12.1 Å². The minimum Gasteiger partial charge on any atom is -0.348 e. The van der Waals surface area contributed by atoms with Crippen molar-refractivity contribution in [3.05, 3.63) is 45.3 Å². The number of anilines is 1. The van der Waals surface area contributed by atoms with Crippen LogP contribution < -0.4 is 4.90 Å². The van der Waals surface area contributed by atoms with Crippen LogP contribution in [0.1, 0.15) is 35.5 Å². The third kappa shape index (κ3) is 3.00. The Morgan fingerprint density at radius 1 is 1.40 bits per heavy atom. The molecule has 0 saturated heterocycles. The maximum absolute atomic E-state index is 9.43. The molecule has 0 aromatic carbocycles. The smallest absolute Gasteiger partial charge is 0.147 e. The van der Waals surface area contributed by atoms with Crippen LogP contribution >= 0.6 is 11.3 Å². The molecule has 0 atom stereocenters. The standard InChI is InChI=1S/C16H19N3S/c1-11(2)19(10-14-6-5-7-20-14)16-15(9-17)12(3)8-13(4)18-16/h5-8,11H,10H2,1-4H3. The van der Waals surface area contributed by atoms with Crippen molar-refractivity contribution in [3.8, 4) is 6.07 Å². The number of rotatable bonds is 4. The van der Waals surface area contributed by atoms with Gasteiger partial charge >= 0.3 is 0 Å². The number of hydrogen-bond acceptors (Lipinski definition) is 4. The van der Waals surface area contributed by atoms with E-state index in [9.17, 15) is 5.26 Å². The van der Waals surface area contributed by atoms with Gasteiger partial charge < -0.3 is 4.90 Å². The zero-order chi connectivity index (χ0) is 14.7. The van der Waals surface area contributed by atoms with Crippen molar-refractivity contribution in [2.45, 2.75) is 40.3 Å². The summed E-state index contributed by atoms with van der Waals surface area (Å²) in [4.78, 5) is 8.09. The van der Waals surface area contributed by atoms with Crippen molar-refractivity contribution in [2.75, 3.05) is 4.90 Å². The van der Waals surface area contributed by atoms with E-state index in [0.29, 0.717) is 5.56 Å². The fourth-order valence-corrected chi connectivity index (χ4v) is 2.94. The molecule has 2 heterocycles. The Morgan fingerprint density at radius 2 is 2.15 bits per heavy atom. The number of pyridine rings is 1. The van der Waals surface area contributed by atoms with Gasteiger partial charge in [0.25, 0.3) is 0 Å². The molecule has 104 valence electrons. The summed E-state index contributed by atoms with van der Waals surface area (Å²) in [6.07, 6.45) is 0. The summed E-state index contributed by atoms with van der Waals surface area (Å²) in [5.74, 6) is 0.799. The van der Waals surface area contributed by atoms with Gasteiger partial charge in [-0.1, -0.05) is 6.07 Å². The second-order valence-electron chi connectivity index (χ2n) is 5.19. The summed E-state index contributed by atoms with van der Waals surface area (Å²) in [6, 6.07) is 8.73. The molecule has 0 unspecified atom stereocenters. The van der Waals surface area contributed by atoms with Crippen LogP contribution in [-0.2, 0) is 6.54 Å². The normalized spacial score (nSPS) is 10.6. The fraction of sp³-hybridized carbons (Fsp3) is 0.375. The van der Waals surface area contributed by atoms with E-state index in [2.05, 4.69) is 47.3 Å². The highest BCUT2D eigenvalue weighted by Gasteiger charge is 2.19. The first-order valence-corrected chi connectivity index (χ1v) is 7.58. The Hall–Kier alpha value is -1.86. The van der Waals surface area contributed by atoms with E-state index in [0.717, 1.165) is 23.6 Å². The van der Waals surface area contributed by atoms with E-state index in [4.69, 9.17) is 0 Å². The molecule has 2 aromatic heterocycles. The largest absolute Gasteiger partial charge is 0.348 e. The zero-order valence-corrected chi connectivity index (χ0v) is 13.2. The van der Waals surface area contributed by atoms with Crippen LogP contribution in [0.15, 0.2) is 23.6 Å². The summed E-state index contributed by atoms with van der Waals surface area (Å²) in [6.45, 7) is 9.00. The van der Waals surface area contributed by atoms with Gasteiger partial charge in [0.2, 0.25) is 0 Å². The monoisotopic (exact) mass is 285 g/mol. The van der Waals surface area contributed by atoms with Crippen LogP contribution in [-0.4, -0.2) is 11.0 Å². The molecule has 20 heavy (non-hydrogen) atoms. The summed E-state index contributed by atoms with van der Waals surface area (Å²) < 4.78 is 0. The van der Waals surface area contributed by atoms with E-state index >= 15 is 0 Å². The molecule has 2 aromatic rings. The van der Waals surface area contributed by atoms with Crippen LogP contribution in [0.3, 0.4) is 0 Å². The molecule has 0 fully saturated rings. The van der Waals surface area contributed by atoms with Crippen molar-refractivity contribution < 1.29 is 0 Å². The lowest BCUT2D eigenvalue weighted by Crippen LogP contribution is -2.31. The van der Waals surface area contributed by atoms with Crippen molar-refractivity contribution in [3.63, 3.8) is 0 Å². The quantitative estimate of drug-likeness (QED) is 0.851. The first-order valence-electron chi connectivity index (χ1n) is 6.70. The highest BCUT2D eigenvalue weighted by Crippen LogP contribution is 2.26. The SMILES string of the molecule is Cc1cc(C)c(C#N)c(N(Cc2cccs2)C(C)C)n1. The van der Waals surface area contributed by atoms with Crippen LogP contribution in [0.25, 0.3) is 0 Å². The van der Waals surface area contributed by atoms with Crippen LogP contribution in [0.5, 0.6) is 0 Å². The zero-order valence-electron chi connectivity index (χ0n) is 12.3. The molecule has 0 N–H and O–H groups in total. The van der Waals surface area contributed by atoms with E-state index in [1.807, 2.05) is 19.9 Å². The topological polar surface area (TPSA) is 39.9 Å². The second kappa shape index (κ2) is 6.06. The van der Waals surface area contributed by atoms with Gasteiger partial charge in [-0.05, 0) is 50.8 Å². The highest BCUT2D eigenvalue weighted by atomic mass is 32.1. The number of aromatic nitrogens is 1. The molecule has 3 nitrogen and oxygen atoms in total. The van der Waals surface area contributed by atoms with Gasteiger partial charge in [-0.15, -0.1) is 11.3 Å². The predicted molar refractivity (Wildman–Crippen MR) is 84.1 cm³/mol. The molecule has 0 spiro atoms. The Labute approximate surface area is 124 Å². The van der Waals surface area contributed by atoms with Crippen LogP contribution in [0.4, 0.5) is 5.82 Å². The van der Waals surface area contributed by atoms with Crippen molar-refractivity contribution in [2.24, 2.45) is 0 Å². The molecule has 0 aliphatic rings. The average Bonchev–Trinajstić information content (AvgIpc) is 2.87. The van der Waals surface area contributed by atoms with Crippen molar-refractivity contribution in [1.82, 2.24) is 4.98 Å². The maximum atomic E-state index is 9.43. The van der Waals surface area contributed by atoms with Gasteiger partial charge in [0, 0.05) is 16.6 Å². The minimum atomic E-state index is 0.290. The molecule has 0 aliphatic carbocycles. The molecule has 0 bridgehead atoms. The maximum Gasteiger partial charge on any atom is 0.147 e. The Balaban J connectivity index is 2.47. The van der Waals surface area contributed by atoms with E-state index in [-0.39, 0.29) is 6.04 Å². The van der Waals surface area contributed by atoms with E-state index in [1.165, 1.54) is 4.88 Å². The number of nitrogens with zero attached hydrogens (tertiary/aromatic N) is 3. The summed E-state index contributed by atoms with van der Waals surface area (Å²) in [5, 5.41) is 11.5. The van der Waals surface area contributed by atoms with Crippen LogP contribution in [0, 0.1) is 25.2 Å². The van der Waals surface area contributed by atoms with Gasteiger partial charge in [0.15, 0.2) is 0 Å². The Bertz CT molecular complexity index is 624. The van der Waals surface area contributed by atoms with E-state index < -0.39 is 0 Å². The van der Waals surface area contributed by atoms with Gasteiger partial charge in [-0.3, -0.25) is 0 Å². The number of aryl methyl sites for hydroxylation is 2. The molecule has 0 aliphatic heterocycles. The second-order valence-corrected chi connectivity index (χ2v) is 6.22. The molecule has 0 saturated carbocycles. The predicted octanol–water partition coefficient (Wildman–Crippen LogP) is 4.05. The number of hydrogen-bond donors (Lipinski definition) is 0. The third-order valence-electron chi connectivity index (χ3n) is 3.24. The first-order chi connectivity index (χ1) is 9.52. The fourth-order valence-electron chi connectivity index (χ4n) is 2.24. The molecule has 4 heteroatoms. The lowest BCUT2D eigenvalue weighted by molar-refractivity contribution is 0.674. The summed E-state index contributed by atoms with van der Waals surface area (Å²) in [5.41, 5.74) is 2.63. The van der Waals surface area contributed by atoms with E-state index in [1.54, 1.807) is 11.3 Å².